The average molecular weight is 472 g/mol. The Kier molecular flexibility index (Phi) is 6.93. The molecule has 1 fully saturated rings. The second-order valence-corrected chi connectivity index (χ2v) is 11.3. The molecule has 170 valence electrons. The molecule has 1 aliphatic heterocycles. The Labute approximate surface area is 193 Å². The molecule has 1 saturated heterocycles. The summed E-state index contributed by atoms with van der Waals surface area (Å²) in [6, 6.07) is 14.8. The zero-order valence-electron chi connectivity index (χ0n) is 18.5. The van der Waals surface area contributed by atoms with Crippen LogP contribution in [-0.4, -0.2) is 36.3 Å². The predicted octanol–water partition coefficient (Wildman–Crippen LogP) is 4.11. The number of unbranched alkanes of at least 4 members (excludes halogenated alkanes) is 1. The van der Waals surface area contributed by atoms with Gasteiger partial charge in [-0.05, 0) is 55.5 Å². The first kappa shape index (κ1) is 22.9. The topological polar surface area (TPSA) is 71.7 Å². The zero-order chi connectivity index (χ0) is 22.7. The number of piperidine rings is 1. The summed E-state index contributed by atoms with van der Waals surface area (Å²) in [6.07, 6.45) is 4.66. The number of hydrogen-bond donors (Lipinski definition) is 0. The third kappa shape index (κ3) is 4.72. The molecule has 0 bridgehead atoms. The molecule has 1 aliphatic rings. The van der Waals surface area contributed by atoms with E-state index in [9.17, 15) is 13.2 Å². The molecule has 3 aromatic rings. The first-order valence-corrected chi connectivity index (χ1v) is 13.4. The summed E-state index contributed by atoms with van der Waals surface area (Å²) in [6.45, 7) is 2.79. The van der Waals surface area contributed by atoms with Crippen molar-refractivity contribution in [1.82, 2.24) is 8.87 Å². The number of carbonyl (C=O) groups is 1. The summed E-state index contributed by atoms with van der Waals surface area (Å²) in [4.78, 5) is 18.4. The van der Waals surface area contributed by atoms with Crippen LogP contribution in [-0.2, 0) is 28.3 Å². The fourth-order valence-electron chi connectivity index (χ4n) is 4.11. The molecule has 0 radical (unpaired) electrons. The van der Waals surface area contributed by atoms with E-state index in [1.54, 1.807) is 30.3 Å². The van der Waals surface area contributed by atoms with Gasteiger partial charge in [-0.1, -0.05) is 48.9 Å². The summed E-state index contributed by atoms with van der Waals surface area (Å²) >= 11 is 1.51. The molecule has 0 aliphatic carbocycles. The Morgan fingerprint density at radius 1 is 1.19 bits per heavy atom. The Bertz CT molecular complexity index is 1280. The first-order chi connectivity index (χ1) is 15.4. The first-order valence-electron chi connectivity index (χ1n) is 11.1. The second-order valence-electron chi connectivity index (χ2n) is 8.31. The van der Waals surface area contributed by atoms with Crippen molar-refractivity contribution >= 4 is 37.5 Å². The number of hydrogen-bond acceptors (Lipinski definition) is 4. The fourth-order valence-corrected chi connectivity index (χ4v) is 6.74. The summed E-state index contributed by atoms with van der Waals surface area (Å²) in [5.74, 6) is -0.668. The van der Waals surface area contributed by atoms with E-state index in [4.69, 9.17) is 0 Å². The molecular formula is C24H29N3O3S2. The minimum atomic E-state index is -3.61. The zero-order valence-corrected chi connectivity index (χ0v) is 20.2. The Morgan fingerprint density at radius 3 is 2.72 bits per heavy atom. The number of aromatic nitrogens is 1. The van der Waals surface area contributed by atoms with Gasteiger partial charge in [0.15, 0.2) is 4.80 Å². The SMILES string of the molecule is CCCCc1ccc2c(c1)sc(=NC(=O)C1CCCN(S(=O)(=O)c3ccccc3)C1)n2C. The molecule has 6 nitrogen and oxygen atoms in total. The number of nitrogens with zero attached hydrogens (tertiary/aromatic N) is 3. The molecular weight excluding hydrogens is 442 g/mol. The van der Waals surface area contributed by atoms with Crippen molar-refractivity contribution in [3.63, 3.8) is 0 Å². The number of aryl methyl sites for hydroxylation is 2. The maximum atomic E-state index is 13.0. The molecule has 4 rings (SSSR count). The van der Waals surface area contributed by atoms with Crippen molar-refractivity contribution < 1.29 is 13.2 Å². The largest absolute Gasteiger partial charge is 0.319 e. The van der Waals surface area contributed by atoms with Crippen molar-refractivity contribution in [3.8, 4) is 0 Å². The second kappa shape index (κ2) is 9.68. The van der Waals surface area contributed by atoms with Crippen LogP contribution in [0.4, 0.5) is 0 Å². The Balaban J connectivity index is 1.56. The van der Waals surface area contributed by atoms with Crippen LogP contribution < -0.4 is 4.80 Å². The lowest BCUT2D eigenvalue weighted by atomic mass is 9.99. The van der Waals surface area contributed by atoms with E-state index in [0.717, 1.165) is 29.5 Å². The van der Waals surface area contributed by atoms with Crippen LogP contribution in [0.5, 0.6) is 0 Å². The number of carbonyl (C=O) groups excluding carboxylic acids is 1. The monoisotopic (exact) mass is 471 g/mol. The summed E-state index contributed by atoms with van der Waals surface area (Å²) in [5, 5.41) is 0. The van der Waals surface area contributed by atoms with Gasteiger partial charge in [-0.25, -0.2) is 8.42 Å². The highest BCUT2D eigenvalue weighted by molar-refractivity contribution is 7.89. The third-order valence-corrected chi connectivity index (χ3v) is 8.99. The highest BCUT2D eigenvalue weighted by Crippen LogP contribution is 2.25. The van der Waals surface area contributed by atoms with Gasteiger partial charge in [-0.3, -0.25) is 4.79 Å². The van der Waals surface area contributed by atoms with Gasteiger partial charge in [0.1, 0.15) is 0 Å². The number of fused-ring (bicyclic) bond motifs is 1. The number of thiazole rings is 1. The lowest BCUT2D eigenvalue weighted by Crippen LogP contribution is -2.42. The molecule has 8 heteroatoms. The highest BCUT2D eigenvalue weighted by atomic mass is 32.2. The molecule has 0 N–H and O–H groups in total. The van der Waals surface area contributed by atoms with Crippen LogP contribution in [0.3, 0.4) is 0 Å². The van der Waals surface area contributed by atoms with E-state index in [-0.39, 0.29) is 17.3 Å². The van der Waals surface area contributed by atoms with Gasteiger partial charge in [0.2, 0.25) is 10.0 Å². The number of amides is 1. The van der Waals surface area contributed by atoms with Crippen molar-refractivity contribution in [2.45, 2.75) is 43.9 Å². The van der Waals surface area contributed by atoms with E-state index in [1.807, 2.05) is 11.6 Å². The quantitative estimate of drug-likeness (QED) is 0.543. The van der Waals surface area contributed by atoms with E-state index < -0.39 is 15.9 Å². The van der Waals surface area contributed by atoms with Crippen molar-refractivity contribution in [1.29, 1.82) is 0 Å². The van der Waals surface area contributed by atoms with Gasteiger partial charge in [0.25, 0.3) is 5.91 Å². The van der Waals surface area contributed by atoms with Crippen LogP contribution in [0.1, 0.15) is 38.2 Å². The Hall–Kier alpha value is -2.29. The van der Waals surface area contributed by atoms with Crippen LogP contribution in [0.2, 0.25) is 0 Å². The standard InChI is InChI=1S/C24H29N3O3S2/c1-3-4-9-18-13-14-21-22(16-18)31-24(26(21)2)25-23(28)19-10-8-15-27(17-19)32(29,30)20-11-6-5-7-12-20/h5-7,11-14,16,19H,3-4,8-10,15,17H2,1-2H3. The molecule has 0 spiro atoms. The minimum Gasteiger partial charge on any atom is -0.319 e. The average Bonchev–Trinajstić information content (AvgIpc) is 3.12. The maximum Gasteiger partial charge on any atom is 0.252 e. The summed E-state index contributed by atoms with van der Waals surface area (Å²) in [5.41, 5.74) is 2.35. The van der Waals surface area contributed by atoms with Gasteiger partial charge in [-0.2, -0.15) is 9.30 Å². The maximum absolute atomic E-state index is 13.0. The number of rotatable bonds is 6. The van der Waals surface area contributed by atoms with E-state index in [1.165, 1.54) is 21.2 Å². The smallest absolute Gasteiger partial charge is 0.252 e. The Morgan fingerprint density at radius 2 is 1.97 bits per heavy atom. The molecule has 1 atom stereocenters. The summed E-state index contributed by atoms with van der Waals surface area (Å²) in [7, 11) is -1.69. The van der Waals surface area contributed by atoms with E-state index >= 15 is 0 Å². The van der Waals surface area contributed by atoms with E-state index in [2.05, 4.69) is 30.1 Å². The molecule has 2 heterocycles. The molecule has 2 aromatic carbocycles. The third-order valence-electron chi connectivity index (χ3n) is 6.01. The van der Waals surface area contributed by atoms with Gasteiger partial charge >= 0.3 is 0 Å². The fraction of sp³-hybridized carbons (Fsp3) is 0.417. The van der Waals surface area contributed by atoms with Crippen molar-refractivity contribution in [2.75, 3.05) is 13.1 Å². The minimum absolute atomic E-state index is 0.176. The van der Waals surface area contributed by atoms with Gasteiger partial charge in [0, 0.05) is 20.1 Å². The van der Waals surface area contributed by atoms with Gasteiger partial charge in [-0.15, -0.1) is 0 Å². The normalized spacial score (nSPS) is 18.3. The van der Waals surface area contributed by atoms with Crippen LogP contribution >= 0.6 is 11.3 Å². The van der Waals surface area contributed by atoms with Crippen LogP contribution in [0.15, 0.2) is 58.4 Å². The number of sulfonamides is 1. The molecule has 1 unspecified atom stereocenters. The number of benzene rings is 2. The van der Waals surface area contributed by atoms with Crippen molar-refractivity contribution in [2.24, 2.45) is 18.0 Å². The van der Waals surface area contributed by atoms with Crippen molar-refractivity contribution in [3.05, 3.63) is 58.9 Å². The van der Waals surface area contributed by atoms with Crippen LogP contribution in [0, 0.1) is 5.92 Å². The molecule has 1 amide bonds. The predicted molar refractivity (Wildman–Crippen MR) is 128 cm³/mol. The highest BCUT2D eigenvalue weighted by Gasteiger charge is 2.33. The molecule has 1 aromatic heterocycles. The van der Waals surface area contributed by atoms with E-state index in [0.29, 0.717) is 24.2 Å². The lowest BCUT2D eigenvalue weighted by molar-refractivity contribution is -0.122. The van der Waals surface area contributed by atoms with Crippen LogP contribution in [0.25, 0.3) is 10.2 Å². The molecule has 0 saturated carbocycles. The lowest BCUT2D eigenvalue weighted by Gasteiger charge is -2.30. The molecule has 32 heavy (non-hydrogen) atoms. The summed E-state index contributed by atoms with van der Waals surface area (Å²) < 4.78 is 30.4. The van der Waals surface area contributed by atoms with Gasteiger partial charge < -0.3 is 4.57 Å². The van der Waals surface area contributed by atoms with Gasteiger partial charge in [0.05, 0.1) is 21.0 Å².